The molecule has 4 aromatic rings. The predicted molar refractivity (Wildman–Crippen MR) is 103 cm³/mol. The van der Waals surface area contributed by atoms with Crippen molar-refractivity contribution in [3.05, 3.63) is 77.3 Å². The maximum absolute atomic E-state index is 12.7. The van der Waals surface area contributed by atoms with E-state index in [1.165, 1.54) is 17.5 Å². The fourth-order valence-corrected chi connectivity index (χ4v) is 3.29. The van der Waals surface area contributed by atoms with Crippen LogP contribution in [0.3, 0.4) is 0 Å². The van der Waals surface area contributed by atoms with Crippen molar-refractivity contribution in [2.45, 2.75) is 12.7 Å². The second-order valence-corrected chi connectivity index (χ2v) is 6.96. The van der Waals surface area contributed by atoms with Gasteiger partial charge in [-0.1, -0.05) is 12.1 Å². The van der Waals surface area contributed by atoms with Gasteiger partial charge in [-0.25, -0.2) is 19.6 Å². The quantitative estimate of drug-likeness (QED) is 0.521. The number of alkyl halides is 3. The van der Waals surface area contributed by atoms with E-state index in [0.717, 1.165) is 16.3 Å². The van der Waals surface area contributed by atoms with Gasteiger partial charge in [0, 0.05) is 30.5 Å². The van der Waals surface area contributed by atoms with Crippen molar-refractivity contribution < 1.29 is 18.0 Å². The van der Waals surface area contributed by atoms with E-state index in [9.17, 15) is 18.0 Å². The highest BCUT2D eigenvalue weighted by molar-refractivity contribution is 7.13. The second-order valence-electron chi connectivity index (χ2n) is 6.10. The van der Waals surface area contributed by atoms with Crippen LogP contribution >= 0.6 is 11.3 Å². The zero-order valence-electron chi connectivity index (χ0n) is 15.2. The molecular weight excluding hydrogens is 417 g/mol. The van der Waals surface area contributed by atoms with Crippen molar-refractivity contribution in [2.24, 2.45) is 0 Å². The molecule has 0 unspecified atom stereocenters. The molecule has 0 spiro atoms. The van der Waals surface area contributed by atoms with Gasteiger partial charge in [-0.05, 0) is 29.8 Å². The Morgan fingerprint density at radius 3 is 2.50 bits per heavy atom. The summed E-state index contributed by atoms with van der Waals surface area (Å²) in [7, 11) is 0. The fourth-order valence-electron chi connectivity index (χ4n) is 2.55. The molecule has 0 bridgehead atoms. The Kier molecular flexibility index (Phi) is 5.27. The summed E-state index contributed by atoms with van der Waals surface area (Å²) in [5.74, 6) is 0.101. The normalized spacial score (nSPS) is 11.4. The zero-order valence-corrected chi connectivity index (χ0v) is 16.0. The third-order valence-electron chi connectivity index (χ3n) is 4.03. The van der Waals surface area contributed by atoms with Gasteiger partial charge >= 0.3 is 6.18 Å². The Balaban J connectivity index is 1.38. The van der Waals surface area contributed by atoms with E-state index >= 15 is 0 Å². The molecule has 1 N–H and O–H groups in total. The number of nitrogens with one attached hydrogen (secondary N) is 1. The van der Waals surface area contributed by atoms with Crippen LogP contribution in [0.2, 0.25) is 0 Å². The third kappa shape index (κ3) is 4.35. The first-order chi connectivity index (χ1) is 14.4. The topological polar surface area (TPSA) is 85.6 Å². The van der Waals surface area contributed by atoms with Crippen LogP contribution in [0.5, 0.6) is 0 Å². The molecule has 11 heteroatoms. The van der Waals surface area contributed by atoms with Gasteiger partial charge in [0.05, 0.1) is 5.69 Å². The molecule has 0 aliphatic rings. The SMILES string of the molecule is O=C(NCc1ccc(-n2ccc(C(F)(F)F)n2)cc1)c1csc(-c2ncccn2)n1. The molecule has 0 fully saturated rings. The largest absolute Gasteiger partial charge is 0.435 e. The molecule has 30 heavy (non-hydrogen) atoms. The van der Waals surface area contributed by atoms with Crippen molar-refractivity contribution in [2.75, 3.05) is 0 Å². The first-order valence-electron chi connectivity index (χ1n) is 8.63. The number of nitrogens with zero attached hydrogens (tertiary/aromatic N) is 5. The van der Waals surface area contributed by atoms with E-state index in [1.807, 2.05) is 0 Å². The van der Waals surface area contributed by atoms with Crippen molar-refractivity contribution in [3.63, 3.8) is 0 Å². The summed E-state index contributed by atoms with van der Waals surface area (Å²) >= 11 is 1.27. The molecule has 0 radical (unpaired) electrons. The predicted octanol–water partition coefficient (Wildman–Crippen LogP) is 3.73. The maximum Gasteiger partial charge on any atom is 0.435 e. The summed E-state index contributed by atoms with van der Waals surface area (Å²) in [6, 6.07) is 9.27. The lowest BCUT2D eigenvalue weighted by Gasteiger charge is -2.06. The Bertz CT molecular complexity index is 1150. The molecular formula is C19H13F3N6OS. The average molecular weight is 430 g/mol. The van der Waals surface area contributed by atoms with Gasteiger partial charge in [-0.15, -0.1) is 11.3 Å². The first-order valence-corrected chi connectivity index (χ1v) is 9.51. The van der Waals surface area contributed by atoms with Crippen LogP contribution < -0.4 is 5.32 Å². The molecule has 0 aliphatic heterocycles. The molecule has 7 nitrogen and oxygen atoms in total. The van der Waals surface area contributed by atoms with Gasteiger partial charge in [0.15, 0.2) is 16.5 Å². The van der Waals surface area contributed by atoms with Crippen LogP contribution in [0.15, 0.2) is 60.4 Å². The van der Waals surface area contributed by atoms with E-state index in [-0.39, 0.29) is 18.1 Å². The number of aromatic nitrogens is 5. The summed E-state index contributed by atoms with van der Waals surface area (Å²) in [6.07, 6.45) is -0.0474. The van der Waals surface area contributed by atoms with Gasteiger partial charge < -0.3 is 5.32 Å². The second kappa shape index (κ2) is 8.03. The molecule has 3 heterocycles. The minimum atomic E-state index is -4.49. The highest BCUT2D eigenvalue weighted by atomic mass is 32.1. The highest BCUT2D eigenvalue weighted by Crippen LogP contribution is 2.28. The number of hydrogen-bond donors (Lipinski definition) is 1. The zero-order chi connectivity index (χ0) is 21.1. The monoisotopic (exact) mass is 430 g/mol. The van der Waals surface area contributed by atoms with Gasteiger partial charge in [0.2, 0.25) is 0 Å². The van der Waals surface area contributed by atoms with Gasteiger partial charge in [-0.2, -0.15) is 18.3 Å². The van der Waals surface area contributed by atoms with E-state index in [0.29, 0.717) is 16.5 Å². The number of carbonyl (C=O) groups is 1. The number of thiazole rings is 1. The molecule has 0 saturated carbocycles. The average Bonchev–Trinajstić information content (AvgIpc) is 3.43. The Morgan fingerprint density at radius 2 is 1.83 bits per heavy atom. The molecule has 0 aliphatic carbocycles. The van der Waals surface area contributed by atoms with E-state index < -0.39 is 11.9 Å². The minimum Gasteiger partial charge on any atom is -0.347 e. The summed E-state index contributed by atoms with van der Waals surface area (Å²) < 4.78 is 39.1. The van der Waals surface area contributed by atoms with Gasteiger partial charge in [-0.3, -0.25) is 4.79 Å². The lowest BCUT2D eigenvalue weighted by Crippen LogP contribution is -2.23. The van der Waals surface area contributed by atoms with E-state index in [1.54, 1.807) is 48.1 Å². The van der Waals surface area contributed by atoms with Crippen LogP contribution in [-0.2, 0) is 12.7 Å². The molecule has 3 aromatic heterocycles. The van der Waals surface area contributed by atoms with Crippen LogP contribution in [0, 0.1) is 0 Å². The third-order valence-corrected chi connectivity index (χ3v) is 4.87. The van der Waals surface area contributed by atoms with Gasteiger partial charge in [0.25, 0.3) is 5.91 Å². The van der Waals surface area contributed by atoms with E-state index in [4.69, 9.17) is 0 Å². The smallest absolute Gasteiger partial charge is 0.347 e. The molecule has 0 atom stereocenters. The number of hydrogen-bond acceptors (Lipinski definition) is 6. The summed E-state index contributed by atoms with van der Waals surface area (Å²) in [5.41, 5.74) is 0.558. The molecule has 0 saturated heterocycles. The van der Waals surface area contributed by atoms with Crippen LogP contribution in [0.1, 0.15) is 21.7 Å². The van der Waals surface area contributed by atoms with E-state index in [2.05, 4.69) is 25.4 Å². The standard InChI is InChI=1S/C19H13F3N6OS/c20-19(21,22)15-6-9-28(27-15)13-4-2-12(3-5-13)10-25-17(29)14-11-30-18(26-14)16-23-7-1-8-24-16/h1-9,11H,10H2,(H,25,29). The number of amides is 1. The number of benzene rings is 1. The Hall–Kier alpha value is -3.60. The minimum absolute atomic E-state index is 0.237. The summed E-state index contributed by atoms with van der Waals surface area (Å²) in [4.78, 5) is 24.8. The highest BCUT2D eigenvalue weighted by Gasteiger charge is 2.33. The number of halogens is 3. The van der Waals surface area contributed by atoms with Crippen molar-refractivity contribution in [1.29, 1.82) is 0 Å². The lowest BCUT2D eigenvalue weighted by atomic mass is 10.2. The molecule has 1 amide bonds. The Morgan fingerprint density at radius 1 is 1.10 bits per heavy atom. The summed E-state index contributed by atoms with van der Waals surface area (Å²) in [6.45, 7) is 0.237. The maximum atomic E-state index is 12.7. The number of carbonyl (C=O) groups excluding carboxylic acids is 1. The lowest BCUT2D eigenvalue weighted by molar-refractivity contribution is -0.141. The van der Waals surface area contributed by atoms with Crippen LogP contribution in [0.4, 0.5) is 13.2 Å². The first kappa shape index (κ1) is 19.7. The summed E-state index contributed by atoms with van der Waals surface area (Å²) in [5, 5.41) is 8.45. The molecule has 1 aromatic carbocycles. The van der Waals surface area contributed by atoms with Gasteiger partial charge in [0.1, 0.15) is 5.69 Å². The Labute approximate surface area is 172 Å². The van der Waals surface area contributed by atoms with Crippen molar-refractivity contribution in [1.82, 2.24) is 30.0 Å². The van der Waals surface area contributed by atoms with Crippen molar-refractivity contribution >= 4 is 17.2 Å². The molecule has 152 valence electrons. The van der Waals surface area contributed by atoms with Crippen LogP contribution in [-0.4, -0.2) is 30.6 Å². The van der Waals surface area contributed by atoms with Crippen molar-refractivity contribution in [3.8, 4) is 16.5 Å². The fraction of sp³-hybridized carbons (Fsp3) is 0.105. The van der Waals surface area contributed by atoms with Crippen LogP contribution in [0.25, 0.3) is 16.5 Å². The molecule has 4 rings (SSSR count). The number of rotatable bonds is 5.